The zero-order chi connectivity index (χ0) is 15.5. The van der Waals surface area contributed by atoms with Crippen LogP contribution in [-0.4, -0.2) is 36.4 Å². The van der Waals surface area contributed by atoms with E-state index in [1.807, 2.05) is 30.8 Å². The van der Waals surface area contributed by atoms with Crippen molar-refractivity contribution in [2.75, 3.05) is 14.1 Å². The summed E-state index contributed by atoms with van der Waals surface area (Å²) in [7, 11) is 1.72. The summed E-state index contributed by atoms with van der Waals surface area (Å²) < 4.78 is 28.3. The fourth-order valence-electron chi connectivity index (χ4n) is 2.06. The summed E-state index contributed by atoms with van der Waals surface area (Å²) in [6.07, 6.45) is 3.29. The van der Waals surface area contributed by atoms with Gasteiger partial charge in [-0.2, -0.15) is 4.31 Å². The second-order valence-electron chi connectivity index (χ2n) is 4.89. The van der Waals surface area contributed by atoms with Crippen molar-refractivity contribution < 1.29 is 8.42 Å². The van der Waals surface area contributed by atoms with E-state index in [0.29, 0.717) is 11.4 Å². The van der Waals surface area contributed by atoms with Gasteiger partial charge in [-0.1, -0.05) is 6.07 Å². The standard InChI is InChI=1S/C14H20N4O2S/c1-15-9-13-8-14(11-17(13)2)21(19,20)18(3)10-12-6-4-5-7-16-12/h4-8,11,15H,9-10H2,1-3H3. The lowest BCUT2D eigenvalue weighted by molar-refractivity contribution is 0.462. The Kier molecular flexibility index (Phi) is 4.76. The minimum absolute atomic E-state index is 0.249. The van der Waals surface area contributed by atoms with Gasteiger partial charge in [0.15, 0.2) is 0 Å². The monoisotopic (exact) mass is 308 g/mol. The summed E-state index contributed by atoms with van der Waals surface area (Å²) in [4.78, 5) is 4.46. The molecule has 0 aromatic carbocycles. The minimum atomic E-state index is -3.51. The predicted octanol–water partition coefficient (Wildman–Crippen LogP) is 0.960. The average molecular weight is 308 g/mol. The van der Waals surface area contributed by atoms with Crippen LogP contribution >= 0.6 is 0 Å². The van der Waals surface area contributed by atoms with Crippen LogP contribution in [0.3, 0.4) is 0 Å². The quantitative estimate of drug-likeness (QED) is 0.863. The highest BCUT2D eigenvalue weighted by molar-refractivity contribution is 7.89. The van der Waals surface area contributed by atoms with Crippen molar-refractivity contribution >= 4 is 10.0 Å². The van der Waals surface area contributed by atoms with Crippen LogP contribution in [0.4, 0.5) is 0 Å². The third kappa shape index (κ3) is 3.49. The molecule has 0 amide bonds. The molecule has 0 saturated heterocycles. The number of sulfonamides is 1. The Bertz CT molecular complexity index is 695. The summed E-state index contributed by atoms with van der Waals surface area (Å²) in [5.74, 6) is 0. The average Bonchev–Trinajstić information content (AvgIpc) is 2.82. The third-order valence-electron chi connectivity index (χ3n) is 3.26. The highest BCUT2D eigenvalue weighted by Gasteiger charge is 2.23. The van der Waals surface area contributed by atoms with E-state index in [2.05, 4.69) is 10.3 Å². The molecule has 2 heterocycles. The van der Waals surface area contributed by atoms with Crippen molar-refractivity contribution in [1.29, 1.82) is 0 Å². The molecule has 0 atom stereocenters. The van der Waals surface area contributed by atoms with Gasteiger partial charge < -0.3 is 9.88 Å². The van der Waals surface area contributed by atoms with Gasteiger partial charge in [0.05, 0.1) is 12.2 Å². The van der Waals surface area contributed by atoms with Crippen LogP contribution in [0.25, 0.3) is 0 Å². The Hall–Kier alpha value is -1.70. The first-order valence-corrected chi connectivity index (χ1v) is 8.05. The third-order valence-corrected chi connectivity index (χ3v) is 5.03. The van der Waals surface area contributed by atoms with Crippen LogP contribution in [0.5, 0.6) is 0 Å². The zero-order valence-electron chi connectivity index (χ0n) is 12.4. The van der Waals surface area contributed by atoms with E-state index in [9.17, 15) is 8.42 Å². The maximum Gasteiger partial charge on any atom is 0.244 e. The molecule has 2 rings (SSSR count). The molecule has 0 fully saturated rings. The van der Waals surface area contributed by atoms with Crippen LogP contribution in [0.2, 0.25) is 0 Å². The molecule has 6 nitrogen and oxygen atoms in total. The maximum absolute atomic E-state index is 12.6. The summed E-state index contributed by atoms with van der Waals surface area (Å²) >= 11 is 0. The first-order chi connectivity index (χ1) is 9.95. The highest BCUT2D eigenvalue weighted by Crippen LogP contribution is 2.18. The molecular formula is C14H20N4O2S. The van der Waals surface area contributed by atoms with Crippen LogP contribution < -0.4 is 5.32 Å². The molecule has 0 bridgehead atoms. The molecule has 0 aliphatic rings. The number of aryl methyl sites for hydroxylation is 1. The lowest BCUT2D eigenvalue weighted by Crippen LogP contribution is -2.26. The van der Waals surface area contributed by atoms with Crippen LogP contribution in [-0.2, 0) is 30.2 Å². The van der Waals surface area contributed by atoms with E-state index < -0.39 is 10.0 Å². The molecule has 7 heteroatoms. The number of nitrogens with zero attached hydrogens (tertiary/aromatic N) is 3. The van der Waals surface area contributed by atoms with Gasteiger partial charge in [-0.05, 0) is 25.2 Å². The van der Waals surface area contributed by atoms with E-state index in [-0.39, 0.29) is 6.54 Å². The minimum Gasteiger partial charge on any atom is -0.352 e. The van der Waals surface area contributed by atoms with E-state index in [1.165, 1.54) is 4.31 Å². The number of rotatable bonds is 6. The van der Waals surface area contributed by atoms with Gasteiger partial charge >= 0.3 is 0 Å². The van der Waals surface area contributed by atoms with Gasteiger partial charge in [0, 0.05) is 38.7 Å². The summed E-state index contributed by atoms with van der Waals surface area (Å²) in [5, 5.41) is 3.02. The van der Waals surface area contributed by atoms with Crippen molar-refractivity contribution in [3.63, 3.8) is 0 Å². The van der Waals surface area contributed by atoms with Gasteiger partial charge in [0.25, 0.3) is 0 Å². The number of hydrogen-bond donors (Lipinski definition) is 1. The Balaban J connectivity index is 2.23. The highest BCUT2D eigenvalue weighted by atomic mass is 32.2. The first kappa shape index (κ1) is 15.7. The van der Waals surface area contributed by atoms with Crippen LogP contribution in [0.1, 0.15) is 11.4 Å². The second kappa shape index (κ2) is 6.38. The zero-order valence-corrected chi connectivity index (χ0v) is 13.3. The second-order valence-corrected chi connectivity index (χ2v) is 6.94. The number of hydrogen-bond acceptors (Lipinski definition) is 4. The van der Waals surface area contributed by atoms with Gasteiger partial charge in [-0.15, -0.1) is 0 Å². The molecule has 114 valence electrons. The molecule has 2 aromatic rings. The van der Waals surface area contributed by atoms with Crippen LogP contribution in [0.15, 0.2) is 41.6 Å². The molecule has 0 aliphatic heterocycles. The van der Waals surface area contributed by atoms with Gasteiger partial charge in [-0.25, -0.2) is 8.42 Å². The van der Waals surface area contributed by atoms with Gasteiger partial charge in [0.1, 0.15) is 4.90 Å². The molecule has 0 spiro atoms. The Morgan fingerprint density at radius 1 is 1.38 bits per heavy atom. The number of pyridine rings is 1. The topological polar surface area (TPSA) is 67.2 Å². The van der Waals surface area contributed by atoms with Crippen molar-refractivity contribution in [1.82, 2.24) is 19.2 Å². The summed E-state index contributed by atoms with van der Waals surface area (Å²) in [6.45, 7) is 0.870. The first-order valence-electron chi connectivity index (χ1n) is 6.61. The van der Waals surface area contributed by atoms with E-state index in [1.54, 1.807) is 31.6 Å². The maximum atomic E-state index is 12.6. The molecule has 21 heavy (non-hydrogen) atoms. The molecule has 2 aromatic heterocycles. The molecule has 0 saturated carbocycles. The lowest BCUT2D eigenvalue weighted by atomic mass is 10.3. The van der Waals surface area contributed by atoms with Crippen molar-refractivity contribution in [3.8, 4) is 0 Å². The number of aromatic nitrogens is 2. The van der Waals surface area contributed by atoms with E-state index >= 15 is 0 Å². The molecular weight excluding hydrogens is 288 g/mol. The summed E-state index contributed by atoms with van der Waals surface area (Å²) in [5.41, 5.74) is 1.64. The molecule has 0 radical (unpaired) electrons. The van der Waals surface area contributed by atoms with E-state index in [0.717, 1.165) is 11.4 Å². The fourth-order valence-corrected chi connectivity index (χ4v) is 3.30. The van der Waals surface area contributed by atoms with Crippen molar-refractivity contribution in [2.24, 2.45) is 7.05 Å². The Labute approximate surface area is 125 Å². The van der Waals surface area contributed by atoms with Gasteiger partial charge in [-0.3, -0.25) is 4.98 Å². The molecule has 1 N–H and O–H groups in total. The Morgan fingerprint density at radius 3 is 2.76 bits per heavy atom. The SMILES string of the molecule is CNCc1cc(S(=O)(=O)N(C)Cc2ccccn2)cn1C. The number of nitrogens with one attached hydrogen (secondary N) is 1. The smallest absolute Gasteiger partial charge is 0.244 e. The van der Waals surface area contributed by atoms with Gasteiger partial charge in [0.2, 0.25) is 10.0 Å². The summed E-state index contributed by atoms with van der Waals surface area (Å²) in [6, 6.07) is 7.15. The molecule has 0 aliphatic carbocycles. The fraction of sp³-hybridized carbons (Fsp3) is 0.357. The van der Waals surface area contributed by atoms with Crippen molar-refractivity contribution in [2.45, 2.75) is 18.0 Å². The Morgan fingerprint density at radius 2 is 2.14 bits per heavy atom. The normalized spacial score (nSPS) is 12.0. The van der Waals surface area contributed by atoms with E-state index in [4.69, 9.17) is 0 Å². The molecule has 0 unspecified atom stereocenters. The van der Waals surface area contributed by atoms with Crippen LogP contribution in [0, 0.1) is 0 Å². The lowest BCUT2D eigenvalue weighted by Gasteiger charge is -2.15. The predicted molar refractivity (Wildman–Crippen MR) is 81.1 cm³/mol. The largest absolute Gasteiger partial charge is 0.352 e. The van der Waals surface area contributed by atoms with Crippen molar-refractivity contribution in [3.05, 3.63) is 48.0 Å².